The quantitative estimate of drug-likeness (QED) is 0.747. The number of carbonyl (C=O) groups is 1. The first-order chi connectivity index (χ1) is 11.0. The van der Waals surface area contributed by atoms with Gasteiger partial charge in [-0.15, -0.1) is 5.10 Å². The zero-order valence-electron chi connectivity index (χ0n) is 13.2. The van der Waals surface area contributed by atoms with Crippen LogP contribution >= 0.6 is 23.4 Å². The smallest absolute Gasteiger partial charge is 0.230 e. The molecule has 0 radical (unpaired) electrons. The molecule has 0 bridgehead atoms. The number of aromatic nitrogens is 3. The minimum absolute atomic E-state index is 0.0314. The van der Waals surface area contributed by atoms with Gasteiger partial charge < -0.3 is 10.1 Å². The zero-order chi connectivity index (χ0) is 16.8. The number of H-pyrrole nitrogens is 1. The number of nitrogens with zero attached hydrogens (tertiary/aromatic N) is 2. The van der Waals surface area contributed by atoms with Crippen LogP contribution in [-0.4, -0.2) is 40.0 Å². The van der Waals surface area contributed by atoms with E-state index in [1.54, 1.807) is 25.3 Å². The maximum atomic E-state index is 11.8. The third-order valence-electron chi connectivity index (χ3n) is 3.23. The Labute approximate surface area is 144 Å². The second-order valence-corrected chi connectivity index (χ2v) is 6.36. The molecule has 1 amide bonds. The lowest BCUT2D eigenvalue weighted by Gasteiger charge is -2.09. The van der Waals surface area contributed by atoms with Crippen LogP contribution in [0, 0.1) is 0 Å². The molecule has 1 aromatic carbocycles. The maximum absolute atomic E-state index is 11.8. The molecule has 2 rings (SSSR count). The third kappa shape index (κ3) is 4.87. The van der Waals surface area contributed by atoms with Crippen LogP contribution in [0.5, 0.6) is 5.75 Å². The highest BCUT2D eigenvalue weighted by Crippen LogP contribution is 2.31. The van der Waals surface area contributed by atoms with E-state index in [0.717, 1.165) is 12.0 Å². The second kappa shape index (κ2) is 8.21. The molecular weight excluding hydrogens is 336 g/mol. The van der Waals surface area contributed by atoms with Crippen molar-refractivity contribution < 1.29 is 9.53 Å². The SMILES string of the molecule is CC[C@@H](C)NC(=O)CSc1n[nH]c(-c2cc(Cl)ccc2OC)n1. The fourth-order valence-electron chi connectivity index (χ4n) is 1.85. The summed E-state index contributed by atoms with van der Waals surface area (Å²) in [7, 11) is 1.58. The van der Waals surface area contributed by atoms with Gasteiger partial charge in [0.2, 0.25) is 11.1 Å². The molecule has 2 N–H and O–H groups in total. The Hall–Kier alpha value is -1.73. The lowest BCUT2D eigenvalue weighted by Crippen LogP contribution is -2.33. The van der Waals surface area contributed by atoms with Gasteiger partial charge in [0.05, 0.1) is 18.4 Å². The van der Waals surface area contributed by atoms with Crippen LogP contribution in [0.4, 0.5) is 0 Å². The van der Waals surface area contributed by atoms with Crippen LogP contribution in [0.3, 0.4) is 0 Å². The molecular formula is C15H19ClN4O2S. The summed E-state index contributed by atoms with van der Waals surface area (Å²) < 4.78 is 5.30. The summed E-state index contributed by atoms with van der Waals surface area (Å²) in [6.07, 6.45) is 0.899. The highest BCUT2D eigenvalue weighted by molar-refractivity contribution is 7.99. The first-order valence-corrected chi connectivity index (χ1v) is 8.58. The molecule has 0 unspecified atom stereocenters. The predicted octanol–water partition coefficient (Wildman–Crippen LogP) is 3.14. The fourth-order valence-corrected chi connectivity index (χ4v) is 2.63. The number of rotatable bonds is 7. The molecule has 124 valence electrons. The number of ether oxygens (including phenoxy) is 1. The molecule has 1 atom stereocenters. The number of hydrogen-bond donors (Lipinski definition) is 2. The molecule has 2 aromatic rings. The minimum atomic E-state index is -0.0314. The van der Waals surface area contributed by atoms with Crippen LogP contribution in [0.2, 0.25) is 5.02 Å². The number of carbonyl (C=O) groups excluding carboxylic acids is 1. The van der Waals surface area contributed by atoms with Crippen LogP contribution < -0.4 is 10.1 Å². The number of nitrogens with one attached hydrogen (secondary N) is 2. The highest BCUT2D eigenvalue weighted by Gasteiger charge is 2.13. The average molecular weight is 355 g/mol. The number of thioether (sulfide) groups is 1. The zero-order valence-corrected chi connectivity index (χ0v) is 14.8. The molecule has 0 fully saturated rings. The van der Waals surface area contributed by atoms with Gasteiger partial charge >= 0.3 is 0 Å². The van der Waals surface area contributed by atoms with Crippen molar-refractivity contribution >= 4 is 29.3 Å². The van der Waals surface area contributed by atoms with Gasteiger partial charge in [-0.25, -0.2) is 4.98 Å². The summed E-state index contributed by atoms with van der Waals surface area (Å²) >= 11 is 7.29. The molecule has 0 aliphatic rings. The largest absolute Gasteiger partial charge is 0.496 e. The van der Waals surface area contributed by atoms with E-state index in [2.05, 4.69) is 20.5 Å². The Morgan fingerprint density at radius 2 is 2.30 bits per heavy atom. The van der Waals surface area contributed by atoms with Gasteiger partial charge in [0.1, 0.15) is 5.75 Å². The van der Waals surface area contributed by atoms with E-state index in [4.69, 9.17) is 16.3 Å². The minimum Gasteiger partial charge on any atom is -0.496 e. The summed E-state index contributed by atoms with van der Waals surface area (Å²) in [5.74, 6) is 1.44. The number of benzene rings is 1. The van der Waals surface area contributed by atoms with Gasteiger partial charge in [-0.2, -0.15) is 0 Å². The van der Waals surface area contributed by atoms with Crippen LogP contribution in [-0.2, 0) is 4.79 Å². The van der Waals surface area contributed by atoms with Gasteiger partial charge in [0, 0.05) is 11.1 Å². The van der Waals surface area contributed by atoms with E-state index < -0.39 is 0 Å². The van der Waals surface area contributed by atoms with Gasteiger partial charge in [0.15, 0.2) is 5.82 Å². The molecule has 0 aliphatic heterocycles. The fraction of sp³-hybridized carbons (Fsp3) is 0.400. The lowest BCUT2D eigenvalue weighted by molar-refractivity contribution is -0.119. The van der Waals surface area contributed by atoms with Gasteiger partial charge in [-0.1, -0.05) is 30.3 Å². The Morgan fingerprint density at radius 1 is 1.52 bits per heavy atom. The second-order valence-electron chi connectivity index (χ2n) is 4.98. The standard InChI is InChI=1S/C15H19ClN4O2S/c1-4-9(2)17-13(21)8-23-15-18-14(19-20-15)11-7-10(16)5-6-12(11)22-3/h5-7,9H,4,8H2,1-3H3,(H,17,21)(H,18,19,20)/t9-/m1/s1. The Balaban J connectivity index is 2.04. The summed E-state index contributed by atoms with van der Waals surface area (Å²) in [6.45, 7) is 4.00. The normalized spacial score (nSPS) is 12.0. The van der Waals surface area contributed by atoms with E-state index in [1.807, 2.05) is 13.8 Å². The average Bonchev–Trinajstić information content (AvgIpc) is 3.01. The molecule has 0 aliphatic carbocycles. The van der Waals surface area contributed by atoms with Crippen LogP contribution in [0.15, 0.2) is 23.4 Å². The Morgan fingerprint density at radius 3 is 3.00 bits per heavy atom. The van der Waals surface area contributed by atoms with E-state index in [9.17, 15) is 4.79 Å². The van der Waals surface area contributed by atoms with E-state index in [0.29, 0.717) is 21.8 Å². The van der Waals surface area contributed by atoms with Crippen molar-refractivity contribution in [3.8, 4) is 17.1 Å². The van der Waals surface area contributed by atoms with Crippen molar-refractivity contribution in [1.29, 1.82) is 0 Å². The first-order valence-electron chi connectivity index (χ1n) is 7.22. The molecule has 1 heterocycles. The van der Waals surface area contributed by atoms with Crippen LogP contribution in [0.1, 0.15) is 20.3 Å². The third-order valence-corrected chi connectivity index (χ3v) is 4.32. The van der Waals surface area contributed by atoms with Crippen molar-refractivity contribution in [2.45, 2.75) is 31.5 Å². The summed E-state index contributed by atoms with van der Waals surface area (Å²) in [4.78, 5) is 16.2. The number of amides is 1. The summed E-state index contributed by atoms with van der Waals surface area (Å²) in [5.41, 5.74) is 0.725. The van der Waals surface area contributed by atoms with Crippen molar-refractivity contribution in [1.82, 2.24) is 20.5 Å². The lowest BCUT2D eigenvalue weighted by atomic mass is 10.2. The van der Waals surface area contributed by atoms with Crippen molar-refractivity contribution in [3.63, 3.8) is 0 Å². The number of methoxy groups -OCH3 is 1. The number of hydrogen-bond acceptors (Lipinski definition) is 5. The Kier molecular flexibility index (Phi) is 6.29. The predicted molar refractivity (Wildman–Crippen MR) is 92.0 cm³/mol. The molecule has 23 heavy (non-hydrogen) atoms. The molecule has 6 nitrogen and oxygen atoms in total. The van der Waals surface area contributed by atoms with Gasteiger partial charge in [-0.3, -0.25) is 9.89 Å². The highest BCUT2D eigenvalue weighted by atomic mass is 35.5. The summed E-state index contributed by atoms with van der Waals surface area (Å²) in [5, 5.41) is 10.9. The first kappa shape index (κ1) is 17.6. The van der Waals surface area contributed by atoms with Crippen LogP contribution in [0.25, 0.3) is 11.4 Å². The number of aromatic amines is 1. The van der Waals surface area contributed by atoms with Crippen molar-refractivity contribution in [2.75, 3.05) is 12.9 Å². The molecule has 0 saturated carbocycles. The van der Waals surface area contributed by atoms with E-state index in [-0.39, 0.29) is 17.7 Å². The molecule has 0 spiro atoms. The van der Waals surface area contributed by atoms with Gasteiger partial charge in [-0.05, 0) is 31.5 Å². The van der Waals surface area contributed by atoms with Crippen molar-refractivity contribution in [3.05, 3.63) is 23.2 Å². The monoisotopic (exact) mass is 354 g/mol. The molecule has 1 aromatic heterocycles. The summed E-state index contributed by atoms with van der Waals surface area (Å²) in [6, 6.07) is 5.44. The maximum Gasteiger partial charge on any atom is 0.230 e. The van der Waals surface area contributed by atoms with E-state index >= 15 is 0 Å². The topological polar surface area (TPSA) is 79.9 Å². The van der Waals surface area contributed by atoms with E-state index in [1.165, 1.54) is 11.8 Å². The van der Waals surface area contributed by atoms with Gasteiger partial charge in [0.25, 0.3) is 0 Å². The van der Waals surface area contributed by atoms with Crippen molar-refractivity contribution in [2.24, 2.45) is 0 Å². The molecule has 0 saturated heterocycles. The number of halogens is 1. The molecule has 8 heteroatoms. The Bertz CT molecular complexity index is 677.